The highest BCUT2D eigenvalue weighted by Crippen LogP contribution is 2.52. The molecule has 0 fully saturated rings. The molecule has 0 bridgehead atoms. The highest BCUT2D eigenvalue weighted by atomic mass is 16.6. The number of phenols is 1. The molecule has 192 valence electrons. The fraction of sp³-hybridized carbons (Fsp3) is 0.462. The number of oxime groups is 1. The zero-order valence-corrected chi connectivity index (χ0v) is 20.8. The van der Waals surface area contributed by atoms with E-state index in [2.05, 4.69) is 5.16 Å². The molecule has 0 radical (unpaired) electrons. The molecule has 1 aromatic carbocycles. The molecule has 36 heavy (non-hydrogen) atoms. The van der Waals surface area contributed by atoms with Crippen molar-refractivity contribution in [1.82, 2.24) is 0 Å². The number of amides is 1. The summed E-state index contributed by atoms with van der Waals surface area (Å²) >= 11 is 0. The average molecular weight is 499 g/mol. The van der Waals surface area contributed by atoms with Crippen LogP contribution in [0.15, 0.2) is 33.9 Å². The molecule has 0 aromatic heterocycles. The molecule has 0 saturated heterocycles. The zero-order valence-electron chi connectivity index (χ0n) is 20.8. The van der Waals surface area contributed by atoms with Gasteiger partial charge in [-0.1, -0.05) is 25.9 Å². The summed E-state index contributed by atoms with van der Waals surface area (Å²) in [6.45, 7) is 7.31. The number of ketones is 2. The Bertz CT molecular complexity index is 1310. The second-order valence-corrected chi connectivity index (χ2v) is 10.7. The number of nitrogens with two attached hydrogens (primary N) is 1. The first-order valence-corrected chi connectivity index (χ1v) is 11.6. The number of fused-ring (bicyclic) bond motifs is 3. The van der Waals surface area contributed by atoms with Crippen molar-refractivity contribution in [2.24, 2.45) is 22.7 Å². The van der Waals surface area contributed by atoms with Gasteiger partial charge in [0.05, 0.1) is 11.3 Å². The number of aliphatic hydroxyl groups is 3. The lowest BCUT2D eigenvalue weighted by atomic mass is 9.59. The molecule has 3 atom stereocenters. The fourth-order valence-electron chi connectivity index (χ4n) is 5.77. The predicted octanol–water partition coefficient (Wildman–Crippen LogP) is 2.25. The second-order valence-electron chi connectivity index (χ2n) is 10.7. The van der Waals surface area contributed by atoms with Crippen LogP contribution in [0.3, 0.4) is 0 Å². The number of Topliss-reactive ketones (excluding diaryl/α,β-unsaturated/α-hetero) is 2. The number of phenolic OH excluding ortho intramolecular Hbond substituents is 1. The Balaban J connectivity index is 1.99. The third kappa shape index (κ3) is 3.42. The van der Waals surface area contributed by atoms with Crippen molar-refractivity contribution >= 4 is 23.2 Å². The highest BCUT2D eigenvalue weighted by molar-refractivity contribution is 6.24. The van der Waals surface area contributed by atoms with Gasteiger partial charge in [-0.15, -0.1) is 0 Å². The molecule has 0 saturated carbocycles. The summed E-state index contributed by atoms with van der Waals surface area (Å²) in [6.07, 6.45) is -0.0243. The van der Waals surface area contributed by atoms with E-state index in [-0.39, 0.29) is 36.1 Å². The Morgan fingerprint density at radius 3 is 2.39 bits per heavy atom. The number of benzene rings is 1. The molecule has 4 rings (SSSR count). The van der Waals surface area contributed by atoms with Crippen LogP contribution in [0.1, 0.15) is 67.6 Å². The lowest BCUT2D eigenvalue weighted by Crippen LogP contribution is -2.57. The molecule has 0 unspecified atom stereocenters. The van der Waals surface area contributed by atoms with Crippen LogP contribution in [0.5, 0.6) is 5.75 Å². The van der Waals surface area contributed by atoms with Crippen LogP contribution in [0.4, 0.5) is 0 Å². The van der Waals surface area contributed by atoms with Gasteiger partial charge in [-0.2, -0.15) is 0 Å². The number of nitrogens with zero attached hydrogens (tertiary/aromatic N) is 1. The van der Waals surface area contributed by atoms with Crippen LogP contribution < -0.4 is 5.73 Å². The standard InChI is InChI=1S/C26H30N2O8/c1-10(28-36-5)13-9-15(25(2,3)4)20(30)18-14(13)7-11-6-12-8-16(29)19(24(27)34)23(33)26(12,35)22(32)17(11)21(18)31/h9,11-12,29-30,32,35H,6-8H2,1-5H3,(H2,27,34)/b28-10-/t11-,12+,26+/m1/s1. The quantitative estimate of drug-likeness (QED) is 0.239. The first-order valence-electron chi connectivity index (χ1n) is 11.6. The molecule has 10 nitrogen and oxygen atoms in total. The summed E-state index contributed by atoms with van der Waals surface area (Å²) in [7, 11) is 1.40. The monoisotopic (exact) mass is 498 g/mol. The van der Waals surface area contributed by atoms with Crippen molar-refractivity contribution in [3.05, 3.63) is 51.0 Å². The molecule has 1 amide bonds. The van der Waals surface area contributed by atoms with Gasteiger partial charge in [-0.3, -0.25) is 14.4 Å². The lowest BCUT2D eigenvalue weighted by molar-refractivity contribution is -0.144. The summed E-state index contributed by atoms with van der Waals surface area (Å²) in [5.74, 6) is -6.52. The Morgan fingerprint density at radius 2 is 1.83 bits per heavy atom. The van der Waals surface area contributed by atoms with E-state index < -0.39 is 57.4 Å². The van der Waals surface area contributed by atoms with Crippen molar-refractivity contribution in [3.63, 3.8) is 0 Å². The number of carbonyl (C=O) groups is 3. The number of allylic oxidation sites excluding steroid dienone is 2. The second kappa shape index (κ2) is 8.19. The smallest absolute Gasteiger partial charge is 0.255 e. The topological polar surface area (TPSA) is 180 Å². The summed E-state index contributed by atoms with van der Waals surface area (Å²) in [5.41, 5.74) is 3.10. The SMILES string of the molecule is CO/N=C(/C)c1cc(C(C)(C)C)c(O)c2c1C[C@H]1C[C@H]3CC(O)=C(C(N)=O)C(=O)[C@@]3(O)C(O)=C1C2=O. The van der Waals surface area contributed by atoms with Gasteiger partial charge in [0.2, 0.25) is 5.78 Å². The van der Waals surface area contributed by atoms with E-state index in [0.29, 0.717) is 22.4 Å². The number of carbonyl (C=O) groups excluding carboxylic acids is 3. The van der Waals surface area contributed by atoms with Gasteiger partial charge in [0.15, 0.2) is 11.4 Å². The fourth-order valence-corrected chi connectivity index (χ4v) is 5.77. The van der Waals surface area contributed by atoms with Crippen molar-refractivity contribution in [2.75, 3.05) is 7.11 Å². The van der Waals surface area contributed by atoms with Gasteiger partial charge in [-0.25, -0.2) is 0 Å². The molecule has 0 spiro atoms. The van der Waals surface area contributed by atoms with Crippen molar-refractivity contribution in [3.8, 4) is 5.75 Å². The maximum Gasteiger partial charge on any atom is 0.255 e. The normalized spacial score (nSPS) is 26.4. The Labute approximate surface area is 207 Å². The molecule has 3 aliphatic rings. The molecule has 6 N–H and O–H groups in total. The van der Waals surface area contributed by atoms with Crippen LogP contribution in [0.2, 0.25) is 0 Å². The van der Waals surface area contributed by atoms with Crippen LogP contribution in [-0.2, 0) is 26.3 Å². The van der Waals surface area contributed by atoms with Crippen LogP contribution in [-0.4, -0.2) is 56.3 Å². The first-order chi connectivity index (χ1) is 16.7. The Hall–Kier alpha value is -3.66. The summed E-state index contributed by atoms with van der Waals surface area (Å²) in [5, 5.41) is 48.1. The van der Waals surface area contributed by atoms with Crippen molar-refractivity contribution in [1.29, 1.82) is 0 Å². The molecule has 3 aliphatic carbocycles. The predicted molar refractivity (Wildman–Crippen MR) is 129 cm³/mol. The van der Waals surface area contributed by atoms with Gasteiger partial charge in [0.25, 0.3) is 5.91 Å². The first kappa shape index (κ1) is 25.4. The summed E-state index contributed by atoms with van der Waals surface area (Å²) < 4.78 is 0. The van der Waals surface area contributed by atoms with E-state index in [9.17, 15) is 34.8 Å². The number of rotatable bonds is 3. The maximum atomic E-state index is 13.9. The zero-order chi connectivity index (χ0) is 26.9. The molecule has 0 aliphatic heterocycles. The molecular weight excluding hydrogens is 468 g/mol. The summed E-state index contributed by atoms with van der Waals surface area (Å²) in [6, 6.07) is 1.77. The lowest BCUT2D eigenvalue weighted by Gasteiger charge is -2.45. The van der Waals surface area contributed by atoms with E-state index in [0.717, 1.165) is 0 Å². The highest BCUT2D eigenvalue weighted by Gasteiger charge is 2.59. The minimum atomic E-state index is -2.59. The van der Waals surface area contributed by atoms with Crippen molar-refractivity contribution < 1.29 is 39.6 Å². The third-order valence-corrected chi connectivity index (χ3v) is 7.49. The minimum absolute atomic E-state index is 0.0419. The van der Waals surface area contributed by atoms with E-state index >= 15 is 0 Å². The maximum absolute atomic E-state index is 13.9. The van der Waals surface area contributed by atoms with E-state index in [1.807, 2.05) is 20.8 Å². The Kier molecular flexibility index (Phi) is 5.79. The van der Waals surface area contributed by atoms with Gasteiger partial charge in [-0.05, 0) is 42.7 Å². The van der Waals surface area contributed by atoms with E-state index in [1.54, 1.807) is 13.0 Å². The number of aromatic hydroxyl groups is 1. The summed E-state index contributed by atoms with van der Waals surface area (Å²) in [4.78, 5) is 43.7. The number of hydrogen-bond acceptors (Lipinski definition) is 9. The molecule has 10 heteroatoms. The molecule has 1 aromatic rings. The van der Waals surface area contributed by atoms with Crippen LogP contribution >= 0.6 is 0 Å². The molecule has 0 heterocycles. The number of hydrogen-bond donors (Lipinski definition) is 5. The van der Waals surface area contributed by atoms with E-state index in [4.69, 9.17) is 10.6 Å². The number of aliphatic hydroxyl groups excluding tert-OH is 2. The van der Waals surface area contributed by atoms with Gasteiger partial charge in [0, 0.05) is 29.0 Å². The van der Waals surface area contributed by atoms with Gasteiger partial charge in [0.1, 0.15) is 30.0 Å². The van der Waals surface area contributed by atoms with Crippen molar-refractivity contribution in [2.45, 2.75) is 58.0 Å². The number of primary amides is 1. The largest absolute Gasteiger partial charge is 0.511 e. The third-order valence-electron chi connectivity index (χ3n) is 7.49. The van der Waals surface area contributed by atoms with Crippen LogP contribution in [0.25, 0.3) is 0 Å². The average Bonchev–Trinajstić information content (AvgIpc) is 2.75. The minimum Gasteiger partial charge on any atom is -0.511 e. The van der Waals surface area contributed by atoms with Gasteiger partial charge < -0.3 is 31.0 Å². The molecular formula is C26H30N2O8. The van der Waals surface area contributed by atoms with E-state index in [1.165, 1.54) is 7.11 Å². The van der Waals surface area contributed by atoms with Gasteiger partial charge >= 0.3 is 0 Å². The Morgan fingerprint density at radius 1 is 1.19 bits per heavy atom. The van der Waals surface area contributed by atoms with Crippen LogP contribution in [0, 0.1) is 11.8 Å².